The van der Waals surface area contributed by atoms with Crippen molar-refractivity contribution in [3.63, 3.8) is 0 Å². The molecule has 18 heavy (non-hydrogen) atoms. The van der Waals surface area contributed by atoms with E-state index in [0.717, 1.165) is 34.5 Å². The molecule has 4 aliphatic rings. The lowest BCUT2D eigenvalue weighted by atomic mass is 9.52. The SMILES string of the molecule is N#CCc1cnc(C2C3CC4CC(C3)CC2C4)s1. The van der Waals surface area contributed by atoms with Crippen LogP contribution in [0.25, 0.3) is 0 Å². The van der Waals surface area contributed by atoms with E-state index in [1.54, 1.807) is 11.3 Å². The van der Waals surface area contributed by atoms with E-state index in [1.165, 1.54) is 37.1 Å². The van der Waals surface area contributed by atoms with Crippen LogP contribution in [0.5, 0.6) is 0 Å². The van der Waals surface area contributed by atoms with E-state index in [2.05, 4.69) is 11.1 Å². The van der Waals surface area contributed by atoms with Crippen molar-refractivity contribution in [2.24, 2.45) is 23.7 Å². The highest BCUT2D eigenvalue weighted by atomic mass is 32.1. The number of hydrogen-bond donors (Lipinski definition) is 0. The predicted octanol–water partition coefficient (Wildman–Crippen LogP) is 3.75. The fourth-order valence-electron chi connectivity index (χ4n) is 4.96. The second-order valence-electron chi connectivity index (χ2n) is 6.46. The molecule has 0 aliphatic heterocycles. The second-order valence-corrected chi connectivity index (χ2v) is 7.60. The molecular formula is C15H18N2S. The Morgan fingerprint density at radius 3 is 2.44 bits per heavy atom. The molecule has 0 aromatic carbocycles. The predicted molar refractivity (Wildman–Crippen MR) is 71.2 cm³/mol. The van der Waals surface area contributed by atoms with Crippen LogP contribution in [0.2, 0.25) is 0 Å². The molecule has 0 amide bonds. The lowest BCUT2D eigenvalue weighted by Gasteiger charge is -2.53. The molecule has 0 saturated heterocycles. The summed E-state index contributed by atoms with van der Waals surface area (Å²) in [7, 11) is 0. The van der Waals surface area contributed by atoms with Crippen molar-refractivity contribution in [3.8, 4) is 6.07 Å². The highest BCUT2D eigenvalue weighted by molar-refractivity contribution is 7.11. The number of hydrogen-bond acceptors (Lipinski definition) is 3. The van der Waals surface area contributed by atoms with Gasteiger partial charge in [-0.1, -0.05) is 0 Å². The second kappa shape index (κ2) is 4.06. The standard InChI is InChI=1S/C15H18N2S/c16-2-1-13-8-17-15(18-13)14-11-4-9-3-10(6-11)7-12(14)5-9/h8-12,14H,1,3-7H2. The Labute approximate surface area is 112 Å². The van der Waals surface area contributed by atoms with Gasteiger partial charge in [-0.05, 0) is 55.8 Å². The molecule has 4 aliphatic carbocycles. The maximum Gasteiger partial charge on any atom is 0.0964 e. The third-order valence-corrected chi connectivity index (χ3v) is 6.44. The number of aromatic nitrogens is 1. The first-order chi connectivity index (χ1) is 8.83. The Bertz CT molecular complexity index is 471. The van der Waals surface area contributed by atoms with Gasteiger partial charge in [0.05, 0.1) is 17.5 Å². The van der Waals surface area contributed by atoms with Crippen LogP contribution in [-0.2, 0) is 6.42 Å². The van der Waals surface area contributed by atoms with Crippen LogP contribution >= 0.6 is 11.3 Å². The summed E-state index contributed by atoms with van der Waals surface area (Å²) in [5, 5.41) is 10.1. The summed E-state index contributed by atoms with van der Waals surface area (Å²) in [5.74, 6) is 4.60. The van der Waals surface area contributed by atoms with Gasteiger partial charge in [0.25, 0.3) is 0 Å². The largest absolute Gasteiger partial charge is 0.249 e. The quantitative estimate of drug-likeness (QED) is 0.810. The van der Waals surface area contributed by atoms with Gasteiger partial charge in [-0.3, -0.25) is 0 Å². The molecule has 1 aromatic heterocycles. The van der Waals surface area contributed by atoms with E-state index in [-0.39, 0.29) is 0 Å². The Morgan fingerprint density at radius 1 is 1.17 bits per heavy atom. The zero-order chi connectivity index (χ0) is 12.1. The molecule has 1 aromatic rings. The van der Waals surface area contributed by atoms with E-state index >= 15 is 0 Å². The summed E-state index contributed by atoms with van der Waals surface area (Å²) in [6, 6.07) is 2.24. The lowest BCUT2D eigenvalue weighted by molar-refractivity contribution is -0.00283. The Hall–Kier alpha value is -0.880. The van der Waals surface area contributed by atoms with Crippen molar-refractivity contribution in [1.82, 2.24) is 4.98 Å². The van der Waals surface area contributed by atoms with Gasteiger partial charge in [-0.25, -0.2) is 4.98 Å². The van der Waals surface area contributed by atoms with Crippen LogP contribution in [0.1, 0.15) is 47.9 Å². The van der Waals surface area contributed by atoms with Gasteiger partial charge in [-0.15, -0.1) is 11.3 Å². The smallest absolute Gasteiger partial charge is 0.0964 e. The molecule has 0 radical (unpaired) electrons. The van der Waals surface area contributed by atoms with Crippen LogP contribution in [0, 0.1) is 35.0 Å². The average molecular weight is 258 g/mol. The van der Waals surface area contributed by atoms with Crippen molar-refractivity contribution in [3.05, 3.63) is 16.1 Å². The Balaban J connectivity index is 1.62. The van der Waals surface area contributed by atoms with Gasteiger partial charge in [0.1, 0.15) is 0 Å². The van der Waals surface area contributed by atoms with Gasteiger partial charge < -0.3 is 0 Å². The molecule has 0 spiro atoms. The first-order valence-corrected chi connectivity index (χ1v) is 7.96. The maximum absolute atomic E-state index is 8.77. The Kier molecular flexibility index (Phi) is 2.48. The molecule has 4 fully saturated rings. The van der Waals surface area contributed by atoms with Gasteiger partial charge in [0, 0.05) is 17.0 Å². The highest BCUT2D eigenvalue weighted by Gasteiger charge is 2.49. The van der Waals surface area contributed by atoms with E-state index in [4.69, 9.17) is 5.26 Å². The third-order valence-electron chi connectivity index (χ3n) is 5.34. The molecule has 3 heteroatoms. The third kappa shape index (κ3) is 1.62. The van der Waals surface area contributed by atoms with Gasteiger partial charge in [0.15, 0.2) is 0 Å². The molecule has 5 rings (SSSR count). The number of thiazole rings is 1. The molecule has 1 heterocycles. The van der Waals surface area contributed by atoms with Gasteiger partial charge in [0.2, 0.25) is 0 Å². The molecule has 4 saturated carbocycles. The molecule has 0 unspecified atom stereocenters. The van der Waals surface area contributed by atoms with Crippen LogP contribution in [0.3, 0.4) is 0 Å². The van der Waals surface area contributed by atoms with Crippen molar-refractivity contribution in [1.29, 1.82) is 5.26 Å². The lowest BCUT2D eigenvalue weighted by Crippen LogP contribution is -2.43. The summed E-state index contributed by atoms with van der Waals surface area (Å²) in [6.07, 6.45) is 9.78. The molecule has 2 nitrogen and oxygen atoms in total. The zero-order valence-corrected chi connectivity index (χ0v) is 11.3. The van der Waals surface area contributed by atoms with Crippen LogP contribution in [0.4, 0.5) is 0 Å². The van der Waals surface area contributed by atoms with Crippen molar-refractivity contribution in [2.75, 3.05) is 0 Å². The molecule has 4 bridgehead atoms. The highest BCUT2D eigenvalue weighted by Crippen LogP contribution is 2.60. The summed E-state index contributed by atoms with van der Waals surface area (Å²) >= 11 is 1.80. The summed E-state index contributed by atoms with van der Waals surface area (Å²) in [5.41, 5.74) is 0. The minimum atomic E-state index is 0.533. The molecule has 94 valence electrons. The fraction of sp³-hybridized carbons (Fsp3) is 0.733. The summed E-state index contributed by atoms with van der Waals surface area (Å²) in [4.78, 5) is 5.80. The van der Waals surface area contributed by atoms with Crippen LogP contribution in [0.15, 0.2) is 6.20 Å². The van der Waals surface area contributed by atoms with Crippen molar-refractivity contribution >= 4 is 11.3 Å². The zero-order valence-electron chi connectivity index (χ0n) is 10.5. The molecule has 0 N–H and O–H groups in total. The number of nitrogens with zero attached hydrogens (tertiary/aromatic N) is 2. The van der Waals surface area contributed by atoms with Crippen molar-refractivity contribution < 1.29 is 0 Å². The monoisotopic (exact) mass is 258 g/mol. The first kappa shape index (κ1) is 11.0. The van der Waals surface area contributed by atoms with Gasteiger partial charge >= 0.3 is 0 Å². The summed E-state index contributed by atoms with van der Waals surface area (Å²) in [6.45, 7) is 0. The van der Waals surface area contributed by atoms with Crippen LogP contribution < -0.4 is 0 Å². The first-order valence-electron chi connectivity index (χ1n) is 7.15. The van der Waals surface area contributed by atoms with E-state index < -0.39 is 0 Å². The summed E-state index contributed by atoms with van der Waals surface area (Å²) < 4.78 is 0. The normalized spacial score (nSPS) is 40.9. The Morgan fingerprint density at radius 2 is 1.83 bits per heavy atom. The molecular weight excluding hydrogens is 240 g/mol. The minimum Gasteiger partial charge on any atom is -0.249 e. The molecule has 0 atom stereocenters. The van der Waals surface area contributed by atoms with E-state index in [0.29, 0.717) is 6.42 Å². The van der Waals surface area contributed by atoms with Crippen molar-refractivity contribution in [2.45, 2.75) is 44.4 Å². The van der Waals surface area contributed by atoms with E-state index in [9.17, 15) is 0 Å². The maximum atomic E-state index is 8.77. The van der Waals surface area contributed by atoms with E-state index in [1.807, 2.05) is 6.20 Å². The number of nitriles is 1. The number of rotatable bonds is 2. The minimum absolute atomic E-state index is 0.533. The topological polar surface area (TPSA) is 36.7 Å². The van der Waals surface area contributed by atoms with Gasteiger partial charge in [-0.2, -0.15) is 5.26 Å². The average Bonchev–Trinajstić information content (AvgIpc) is 2.76. The van der Waals surface area contributed by atoms with Crippen LogP contribution in [-0.4, -0.2) is 4.98 Å². The fourth-order valence-corrected chi connectivity index (χ4v) is 6.10.